The van der Waals surface area contributed by atoms with E-state index >= 15 is 0 Å². The van der Waals surface area contributed by atoms with Crippen LogP contribution in [0, 0.1) is 11.8 Å². The van der Waals surface area contributed by atoms with Gasteiger partial charge in [-0.2, -0.15) is 0 Å². The molecule has 5 rings (SSSR count). The maximum atomic E-state index is 13.9. The highest BCUT2D eigenvalue weighted by molar-refractivity contribution is 6.24. The van der Waals surface area contributed by atoms with Crippen molar-refractivity contribution >= 4 is 23.2 Å². The Bertz CT molecular complexity index is 1430. The number of aromatic hydroxyl groups is 1. The summed E-state index contributed by atoms with van der Waals surface area (Å²) in [4.78, 5) is 41.4. The number of Topliss-reactive ketones (excluding diaryl/α,β-unsaturated/α-hetero) is 2. The second-order valence-electron chi connectivity index (χ2n) is 10.1. The van der Waals surface area contributed by atoms with E-state index in [2.05, 4.69) is 0 Å². The molecular weight excluding hydrogens is 492 g/mol. The fourth-order valence-electron chi connectivity index (χ4n) is 6.21. The van der Waals surface area contributed by atoms with Crippen LogP contribution in [0.2, 0.25) is 0 Å². The number of aliphatic hydroxyl groups excluding tert-OH is 2. The molecule has 10 heteroatoms. The summed E-state index contributed by atoms with van der Waals surface area (Å²) in [5.41, 5.74) is 3.22. The molecule has 0 saturated heterocycles. The molecule has 6 N–H and O–H groups in total. The third-order valence-corrected chi connectivity index (χ3v) is 7.97. The number of likely N-dealkylation sites (N-methyl/N-ethyl adjacent to an activating group) is 1. The van der Waals surface area contributed by atoms with E-state index < -0.39 is 58.0 Å². The van der Waals surface area contributed by atoms with Gasteiger partial charge in [0.05, 0.1) is 18.7 Å². The highest BCUT2D eigenvalue weighted by atomic mass is 16.5. The number of ketones is 2. The van der Waals surface area contributed by atoms with Crippen LogP contribution in [-0.4, -0.2) is 68.6 Å². The van der Waals surface area contributed by atoms with Crippen molar-refractivity contribution in [3.8, 4) is 11.5 Å². The number of carbonyl (C=O) groups is 3. The Labute approximate surface area is 218 Å². The zero-order chi connectivity index (χ0) is 27.5. The zero-order valence-electron chi connectivity index (χ0n) is 20.8. The summed E-state index contributed by atoms with van der Waals surface area (Å²) in [7, 11) is 3.16. The van der Waals surface area contributed by atoms with Crippen LogP contribution in [0.3, 0.4) is 0 Å². The third kappa shape index (κ3) is 3.59. The predicted octanol–water partition coefficient (Wildman–Crippen LogP) is 1.54. The monoisotopic (exact) mass is 520 g/mol. The molecule has 10 nitrogen and oxygen atoms in total. The van der Waals surface area contributed by atoms with Crippen molar-refractivity contribution < 1.29 is 39.5 Å². The summed E-state index contributed by atoms with van der Waals surface area (Å²) in [6, 6.07) is 10.6. The number of phenolic OH excluding ortho intramolecular Hbond substituents is 1. The zero-order valence-corrected chi connectivity index (χ0v) is 20.8. The molecule has 3 aliphatic rings. The number of hydrogen-bond donors (Lipinski definition) is 5. The van der Waals surface area contributed by atoms with Gasteiger partial charge in [-0.15, -0.1) is 0 Å². The van der Waals surface area contributed by atoms with E-state index in [9.17, 15) is 34.8 Å². The van der Waals surface area contributed by atoms with Gasteiger partial charge < -0.3 is 30.9 Å². The van der Waals surface area contributed by atoms with Crippen LogP contribution in [0.4, 0.5) is 0 Å². The normalized spacial score (nSPS) is 26.7. The van der Waals surface area contributed by atoms with Crippen molar-refractivity contribution in [1.82, 2.24) is 4.90 Å². The largest absolute Gasteiger partial charge is 0.508 e. The number of ether oxygens (including phenoxy) is 1. The highest BCUT2D eigenvalue weighted by Gasteiger charge is 2.64. The number of nitrogens with zero attached hydrogens (tertiary/aromatic N) is 1. The first-order valence-corrected chi connectivity index (χ1v) is 12.1. The minimum atomic E-state index is -2.68. The number of hydrogen-bond acceptors (Lipinski definition) is 9. The maximum Gasteiger partial charge on any atom is 0.255 e. The van der Waals surface area contributed by atoms with E-state index in [0.717, 1.165) is 5.56 Å². The first-order valence-electron chi connectivity index (χ1n) is 12.1. The average Bonchev–Trinajstić information content (AvgIpc) is 2.86. The molecule has 0 radical (unpaired) electrons. The molecule has 198 valence electrons. The van der Waals surface area contributed by atoms with Gasteiger partial charge in [0.15, 0.2) is 11.4 Å². The van der Waals surface area contributed by atoms with Gasteiger partial charge in [0.25, 0.3) is 5.91 Å². The molecule has 0 spiro atoms. The minimum Gasteiger partial charge on any atom is -0.508 e. The summed E-state index contributed by atoms with van der Waals surface area (Å²) in [5.74, 6) is -6.05. The van der Waals surface area contributed by atoms with Crippen LogP contribution in [0.1, 0.15) is 23.1 Å². The van der Waals surface area contributed by atoms with Gasteiger partial charge in [-0.05, 0) is 55.1 Å². The number of phenols is 1. The first kappa shape index (κ1) is 25.5. The summed E-state index contributed by atoms with van der Waals surface area (Å²) in [5, 5.41) is 44.2. The molecule has 0 bridgehead atoms. The van der Waals surface area contributed by atoms with E-state index in [4.69, 9.17) is 10.5 Å². The van der Waals surface area contributed by atoms with E-state index in [1.165, 1.54) is 6.07 Å². The minimum absolute atomic E-state index is 0.0379. The second kappa shape index (κ2) is 9.00. The van der Waals surface area contributed by atoms with Crippen molar-refractivity contribution in [2.45, 2.75) is 31.0 Å². The molecule has 1 saturated carbocycles. The molecule has 2 aromatic rings. The Kier molecular flexibility index (Phi) is 6.04. The summed E-state index contributed by atoms with van der Waals surface area (Å²) < 4.78 is 5.18. The van der Waals surface area contributed by atoms with Crippen LogP contribution in [-0.2, 0) is 27.3 Å². The van der Waals surface area contributed by atoms with Gasteiger partial charge in [0.1, 0.15) is 28.6 Å². The SMILES string of the molecule is COc1ccc(CN(C)C2C(=O)C(C(N)=O)=C(O)C3(O)C(=O)C4=C(O)c5c(O)cccc5CC4CC23)cc1. The van der Waals surface area contributed by atoms with Gasteiger partial charge >= 0.3 is 0 Å². The van der Waals surface area contributed by atoms with Crippen LogP contribution in [0.25, 0.3) is 5.76 Å². The van der Waals surface area contributed by atoms with Gasteiger partial charge in [0, 0.05) is 18.0 Å². The standard InChI is InChI=1S/C28H28N2O8/c1-30(12-13-6-8-16(38-2)9-7-13)22-17-11-15-10-14-4-3-5-18(31)19(14)23(32)20(15)25(34)28(17,37)26(35)21(24(22)33)27(29)36/h3-9,15,17,22,31-32,35,37H,10-12H2,1-2H3,(H2,29,36). The van der Waals surface area contributed by atoms with Crippen molar-refractivity contribution in [2.75, 3.05) is 14.2 Å². The summed E-state index contributed by atoms with van der Waals surface area (Å²) >= 11 is 0. The molecule has 2 aromatic carbocycles. The quantitative estimate of drug-likeness (QED) is 0.367. The van der Waals surface area contributed by atoms with Crippen molar-refractivity contribution in [2.24, 2.45) is 17.6 Å². The van der Waals surface area contributed by atoms with E-state index in [1.54, 1.807) is 55.5 Å². The number of nitrogens with two attached hydrogens (primary N) is 1. The van der Waals surface area contributed by atoms with E-state index in [1.807, 2.05) is 0 Å². The Balaban J connectivity index is 1.62. The fourth-order valence-corrected chi connectivity index (χ4v) is 6.21. The van der Waals surface area contributed by atoms with E-state index in [-0.39, 0.29) is 36.3 Å². The molecule has 38 heavy (non-hydrogen) atoms. The molecule has 1 amide bonds. The summed E-state index contributed by atoms with van der Waals surface area (Å²) in [6.45, 7) is 0.212. The Morgan fingerprint density at radius 3 is 2.45 bits per heavy atom. The predicted molar refractivity (Wildman–Crippen MR) is 135 cm³/mol. The molecule has 4 unspecified atom stereocenters. The molecule has 4 atom stereocenters. The molecule has 0 aromatic heterocycles. The lowest BCUT2D eigenvalue weighted by atomic mass is 9.57. The number of primary amides is 1. The topological polar surface area (TPSA) is 171 Å². The lowest BCUT2D eigenvalue weighted by Gasteiger charge is -2.50. The fraction of sp³-hybridized carbons (Fsp3) is 0.321. The number of fused-ring (bicyclic) bond motifs is 3. The average molecular weight is 521 g/mol. The van der Waals surface area contributed by atoms with Gasteiger partial charge in [-0.1, -0.05) is 24.3 Å². The Morgan fingerprint density at radius 2 is 1.82 bits per heavy atom. The van der Waals surface area contributed by atoms with Gasteiger partial charge in [0.2, 0.25) is 5.78 Å². The van der Waals surface area contributed by atoms with Gasteiger partial charge in [-0.3, -0.25) is 19.3 Å². The lowest BCUT2D eigenvalue weighted by Crippen LogP contribution is -2.66. The maximum absolute atomic E-state index is 13.9. The summed E-state index contributed by atoms with van der Waals surface area (Å²) in [6.07, 6.45) is 0.299. The van der Waals surface area contributed by atoms with Crippen LogP contribution in [0.5, 0.6) is 11.5 Å². The lowest BCUT2D eigenvalue weighted by molar-refractivity contribution is -0.154. The number of carbonyl (C=O) groups excluding carboxylic acids is 3. The molecule has 0 aliphatic heterocycles. The third-order valence-electron chi connectivity index (χ3n) is 7.97. The number of aliphatic hydroxyl groups is 3. The van der Waals surface area contributed by atoms with Crippen molar-refractivity contribution in [3.63, 3.8) is 0 Å². The molecule has 3 aliphatic carbocycles. The number of amides is 1. The molecule has 0 heterocycles. The van der Waals surface area contributed by atoms with Crippen LogP contribution >= 0.6 is 0 Å². The van der Waals surface area contributed by atoms with E-state index in [0.29, 0.717) is 11.3 Å². The molecule has 1 fully saturated rings. The smallest absolute Gasteiger partial charge is 0.255 e. The van der Waals surface area contributed by atoms with Crippen molar-refractivity contribution in [3.05, 3.63) is 76.1 Å². The number of methoxy groups -OCH3 is 1. The number of benzene rings is 2. The second-order valence-corrected chi connectivity index (χ2v) is 10.1. The van der Waals surface area contributed by atoms with Gasteiger partial charge in [-0.25, -0.2) is 0 Å². The highest BCUT2D eigenvalue weighted by Crippen LogP contribution is 2.52. The first-order chi connectivity index (χ1) is 18.0. The Hall–Kier alpha value is -4.15. The van der Waals surface area contributed by atoms with Crippen LogP contribution < -0.4 is 10.5 Å². The van der Waals surface area contributed by atoms with Crippen molar-refractivity contribution in [1.29, 1.82) is 0 Å². The number of rotatable bonds is 5. The van der Waals surface area contributed by atoms with Crippen LogP contribution in [0.15, 0.2) is 59.4 Å². The Morgan fingerprint density at radius 1 is 1.13 bits per heavy atom. The molecular formula is C28H28N2O8.